The van der Waals surface area contributed by atoms with Crippen LogP contribution in [0.2, 0.25) is 0 Å². The maximum atomic E-state index is 13.4. The molecule has 1 fully saturated rings. The van der Waals surface area contributed by atoms with Crippen molar-refractivity contribution in [2.45, 2.75) is 31.7 Å². The molecule has 3 nitrogen and oxygen atoms in total. The van der Waals surface area contributed by atoms with Crippen LogP contribution < -0.4 is 10.6 Å². The molecular weight excluding hydrogens is 257 g/mol. The molecule has 0 bridgehead atoms. The molecule has 1 atom stereocenters. The van der Waals surface area contributed by atoms with Crippen LogP contribution >= 0.6 is 0 Å². The van der Waals surface area contributed by atoms with Crippen molar-refractivity contribution in [1.82, 2.24) is 5.32 Å². The average molecular weight is 272 g/mol. The number of hydrogen-bond acceptors (Lipinski definition) is 2. The van der Waals surface area contributed by atoms with Crippen LogP contribution in [-0.2, 0) is 4.79 Å². The first kappa shape index (κ1) is 13.9. The maximum Gasteiger partial charge on any atom is 0.241 e. The van der Waals surface area contributed by atoms with Crippen LogP contribution in [0.25, 0.3) is 0 Å². The van der Waals surface area contributed by atoms with Crippen molar-refractivity contribution in [3.63, 3.8) is 0 Å². The Morgan fingerprint density at radius 2 is 1.84 bits per heavy atom. The molecule has 1 aliphatic heterocycles. The molecule has 19 heavy (non-hydrogen) atoms. The monoisotopic (exact) mass is 272 g/mol. The highest BCUT2D eigenvalue weighted by Gasteiger charge is 2.21. The zero-order chi connectivity index (χ0) is 13.8. The number of halogens is 3. The van der Waals surface area contributed by atoms with Crippen LogP contribution in [0.1, 0.15) is 25.7 Å². The lowest BCUT2D eigenvalue weighted by molar-refractivity contribution is -0.118. The van der Waals surface area contributed by atoms with E-state index in [0.29, 0.717) is 18.6 Å². The van der Waals surface area contributed by atoms with Crippen molar-refractivity contribution in [2.75, 3.05) is 11.9 Å². The third-order valence-corrected chi connectivity index (χ3v) is 3.14. The van der Waals surface area contributed by atoms with Crippen molar-refractivity contribution in [3.05, 3.63) is 29.6 Å². The lowest BCUT2D eigenvalue weighted by Gasteiger charge is -2.16. The van der Waals surface area contributed by atoms with E-state index in [-0.39, 0.29) is 5.69 Å². The Hall–Kier alpha value is -1.56. The predicted molar refractivity (Wildman–Crippen MR) is 65.2 cm³/mol. The summed E-state index contributed by atoms with van der Waals surface area (Å²) in [4.78, 5) is 11.9. The molecule has 0 spiro atoms. The van der Waals surface area contributed by atoms with Crippen molar-refractivity contribution in [2.24, 2.45) is 0 Å². The number of carbonyl (C=O) groups is 1. The minimum absolute atomic E-state index is 0.338. The summed E-state index contributed by atoms with van der Waals surface area (Å²) in [7, 11) is 0. The Morgan fingerprint density at radius 1 is 1.11 bits per heavy atom. The number of amides is 1. The van der Waals surface area contributed by atoms with Crippen LogP contribution in [0, 0.1) is 17.5 Å². The van der Waals surface area contributed by atoms with Crippen LogP contribution in [0.4, 0.5) is 18.9 Å². The Kier molecular flexibility index (Phi) is 4.42. The summed E-state index contributed by atoms with van der Waals surface area (Å²) in [5.74, 6) is -3.87. The number of rotatable bonds is 2. The topological polar surface area (TPSA) is 41.1 Å². The van der Waals surface area contributed by atoms with Gasteiger partial charge in [-0.05, 0) is 19.4 Å². The standard InChI is InChI=1S/C13H15F3N2O/c14-8-6-10(16)12(7-9(8)15)18-13(19)11-4-2-1-3-5-17-11/h6-7,11,17H,1-5H2,(H,18,19). The molecule has 1 aromatic carbocycles. The third-order valence-electron chi connectivity index (χ3n) is 3.14. The number of anilines is 1. The molecule has 0 aliphatic carbocycles. The van der Waals surface area contributed by atoms with E-state index in [1.165, 1.54) is 0 Å². The molecule has 0 radical (unpaired) electrons. The van der Waals surface area contributed by atoms with Gasteiger partial charge in [0.15, 0.2) is 11.6 Å². The second-order valence-electron chi connectivity index (χ2n) is 4.59. The van der Waals surface area contributed by atoms with Gasteiger partial charge in [0.2, 0.25) is 5.91 Å². The van der Waals surface area contributed by atoms with Crippen molar-refractivity contribution < 1.29 is 18.0 Å². The van der Waals surface area contributed by atoms with E-state index in [4.69, 9.17) is 0 Å². The molecular formula is C13H15F3N2O. The van der Waals surface area contributed by atoms with Gasteiger partial charge in [0, 0.05) is 12.1 Å². The van der Waals surface area contributed by atoms with Gasteiger partial charge in [0.05, 0.1) is 11.7 Å². The van der Waals surface area contributed by atoms with Crippen molar-refractivity contribution in [1.29, 1.82) is 0 Å². The summed E-state index contributed by atoms with van der Waals surface area (Å²) in [6, 6.07) is 0.653. The van der Waals surface area contributed by atoms with E-state index in [0.717, 1.165) is 25.8 Å². The predicted octanol–water partition coefficient (Wildman–Crippen LogP) is 2.57. The molecule has 2 rings (SSSR count). The first-order chi connectivity index (χ1) is 9.08. The van der Waals surface area contributed by atoms with Crippen LogP contribution in [0.5, 0.6) is 0 Å². The molecule has 1 heterocycles. The summed E-state index contributed by atoms with van der Waals surface area (Å²) in [6.45, 7) is 0.721. The number of carbonyl (C=O) groups excluding carboxylic acids is 1. The largest absolute Gasteiger partial charge is 0.322 e. The highest BCUT2D eigenvalue weighted by atomic mass is 19.2. The molecule has 1 aliphatic rings. The van der Waals surface area contributed by atoms with Crippen LogP contribution in [0.3, 0.4) is 0 Å². The van der Waals surface area contributed by atoms with Crippen molar-refractivity contribution in [3.8, 4) is 0 Å². The smallest absolute Gasteiger partial charge is 0.241 e. The van der Waals surface area contributed by atoms with Gasteiger partial charge in [0.25, 0.3) is 0 Å². The quantitative estimate of drug-likeness (QED) is 0.812. The zero-order valence-electron chi connectivity index (χ0n) is 10.3. The lowest BCUT2D eigenvalue weighted by atomic mass is 10.1. The van der Waals surface area contributed by atoms with Gasteiger partial charge >= 0.3 is 0 Å². The maximum absolute atomic E-state index is 13.4. The van der Waals surface area contributed by atoms with Gasteiger partial charge in [-0.3, -0.25) is 4.79 Å². The van der Waals surface area contributed by atoms with Gasteiger partial charge in [0.1, 0.15) is 5.82 Å². The van der Waals surface area contributed by atoms with Crippen molar-refractivity contribution >= 4 is 11.6 Å². The van der Waals surface area contributed by atoms with Gasteiger partial charge in [-0.15, -0.1) is 0 Å². The lowest BCUT2D eigenvalue weighted by Crippen LogP contribution is -2.40. The van der Waals surface area contributed by atoms with E-state index < -0.39 is 29.4 Å². The van der Waals surface area contributed by atoms with E-state index in [9.17, 15) is 18.0 Å². The summed E-state index contributed by atoms with van der Waals surface area (Å²) in [5, 5.41) is 5.34. The zero-order valence-corrected chi connectivity index (χ0v) is 10.3. The van der Waals surface area contributed by atoms with E-state index >= 15 is 0 Å². The van der Waals surface area contributed by atoms with E-state index in [1.54, 1.807) is 0 Å². The summed E-state index contributed by atoms with van der Waals surface area (Å²) in [5.41, 5.74) is -0.338. The Morgan fingerprint density at radius 3 is 2.63 bits per heavy atom. The van der Waals surface area contributed by atoms with Gasteiger partial charge in [-0.25, -0.2) is 13.2 Å². The molecule has 0 aromatic heterocycles. The molecule has 6 heteroatoms. The second-order valence-corrected chi connectivity index (χ2v) is 4.59. The molecule has 1 saturated heterocycles. The third kappa shape index (κ3) is 3.47. The summed E-state index contributed by atoms with van der Waals surface area (Å²) < 4.78 is 39.2. The molecule has 1 unspecified atom stereocenters. The summed E-state index contributed by atoms with van der Waals surface area (Å²) in [6.07, 6.45) is 3.59. The Balaban J connectivity index is 2.07. The Labute approximate surface area is 109 Å². The highest BCUT2D eigenvalue weighted by molar-refractivity contribution is 5.94. The van der Waals surface area contributed by atoms with Gasteiger partial charge in [-0.1, -0.05) is 12.8 Å². The van der Waals surface area contributed by atoms with E-state index in [1.807, 2.05) is 0 Å². The van der Waals surface area contributed by atoms with Crippen LogP contribution in [-0.4, -0.2) is 18.5 Å². The normalized spacial score (nSPS) is 19.8. The Bertz CT molecular complexity index is 471. The van der Waals surface area contributed by atoms with E-state index in [2.05, 4.69) is 10.6 Å². The first-order valence-electron chi connectivity index (χ1n) is 6.26. The molecule has 1 aromatic rings. The fourth-order valence-corrected chi connectivity index (χ4v) is 2.09. The SMILES string of the molecule is O=C(Nc1cc(F)c(F)cc1F)C1CCCCCN1. The fourth-order valence-electron chi connectivity index (χ4n) is 2.09. The molecule has 0 saturated carbocycles. The molecule has 104 valence electrons. The number of hydrogen-bond donors (Lipinski definition) is 2. The number of benzene rings is 1. The fraction of sp³-hybridized carbons (Fsp3) is 0.462. The minimum Gasteiger partial charge on any atom is -0.322 e. The molecule has 1 amide bonds. The second kappa shape index (κ2) is 6.06. The summed E-state index contributed by atoms with van der Waals surface area (Å²) >= 11 is 0. The average Bonchev–Trinajstić information content (AvgIpc) is 2.64. The molecule has 2 N–H and O–H groups in total. The minimum atomic E-state index is -1.27. The van der Waals surface area contributed by atoms with Gasteiger partial charge in [-0.2, -0.15) is 0 Å². The first-order valence-corrected chi connectivity index (χ1v) is 6.26. The van der Waals surface area contributed by atoms with Gasteiger partial charge < -0.3 is 10.6 Å². The van der Waals surface area contributed by atoms with Crippen LogP contribution in [0.15, 0.2) is 12.1 Å². The number of nitrogens with one attached hydrogen (secondary N) is 2. The highest BCUT2D eigenvalue weighted by Crippen LogP contribution is 2.19.